The van der Waals surface area contributed by atoms with E-state index in [1.165, 1.54) is 12.8 Å². The predicted molar refractivity (Wildman–Crippen MR) is 61.9 cm³/mol. The molecule has 1 fully saturated rings. The van der Waals surface area contributed by atoms with E-state index in [1.807, 2.05) is 6.92 Å². The first-order chi connectivity index (χ1) is 7.63. The van der Waals surface area contributed by atoms with Gasteiger partial charge in [0.05, 0.1) is 12.6 Å². The second-order valence-electron chi connectivity index (χ2n) is 4.24. The quantitative estimate of drug-likeness (QED) is 0.555. The van der Waals surface area contributed by atoms with Crippen LogP contribution in [0.3, 0.4) is 0 Å². The van der Waals surface area contributed by atoms with Crippen LogP contribution in [0.4, 0.5) is 0 Å². The minimum atomic E-state index is -0.327. The Bertz CT molecular complexity index is 252. The van der Waals surface area contributed by atoms with Crippen molar-refractivity contribution in [3.8, 4) is 0 Å². The fourth-order valence-corrected chi connectivity index (χ4v) is 1.31. The highest BCUT2D eigenvalue weighted by Crippen LogP contribution is 2.27. The molecule has 3 N–H and O–H groups in total. The van der Waals surface area contributed by atoms with Crippen molar-refractivity contribution in [3.05, 3.63) is 0 Å². The number of rotatable bonds is 7. The minimum Gasteiger partial charge on any atom is -0.355 e. The second kappa shape index (κ2) is 6.48. The number of likely N-dealkylation sites (N-methyl/N-ethyl adjacent to an activating group) is 1. The van der Waals surface area contributed by atoms with Gasteiger partial charge < -0.3 is 10.6 Å². The Balaban J connectivity index is 2.07. The van der Waals surface area contributed by atoms with Crippen molar-refractivity contribution in [1.82, 2.24) is 16.0 Å². The van der Waals surface area contributed by atoms with Gasteiger partial charge in [-0.05, 0) is 32.6 Å². The largest absolute Gasteiger partial charge is 0.355 e. The molecule has 5 heteroatoms. The Kier molecular flexibility index (Phi) is 5.25. The number of nitrogens with one attached hydrogen (secondary N) is 3. The fraction of sp³-hybridized carbons (Fsp3) is 0.818. The van der Waals surface area contributed by atoms with Crippen LogP contribution in [0.2, 0.25) is 0 Å². The van der Waals surface area contributed by atoms with E-state index in [1.54, 1.807) is 6.92 Å². The SMILES string of the molecule is CCNC(=O)C(C)NCC(=O)NCC1CC1. The molecule has 0 saturated heterocycles. The van der Waals surface area contributed by atoms with E-state index in [-0.39, 0.29) is 24.4 Å². The summed E-state index contributed by atoms with van der Waals surface area (Å²) in [7, 11) is 0. The van der Waals surface area contributed by atoms with Crippen molar-refractivity contribution < 1.29 is 9.59 Å². The third-order valence-electron chi connectivity index (χ3n) is 2.60. The summed E-state index contributed by atoms with van der Waals surface area (Å²) in [5, 5.41) is 8.42. The highest BCUT2D eigenvalue weighted by atomic mass is 16.2. The van der Waals surface area contributed by atoms with Crippen molar-refractivity contribution in [2.75, 3.05) is 19.6 Å². The zero-order valence-corrected chi connectivity index (χ0v) is 10.0. The van der Waals surface area contributed by atoms with Crippen molar-refractivity contribution in [2.24, 2.45) is 5.92 Å². The average Bonchev–Trinajstić information content (AvgIpc) is 3.07. The van der Waals surface area contributed by atoms with Gasteiger partial charge in [0.1, 0.15) is 0 Å². The zero-order valence-electron chi connectivity index (χ0n) is 10.0. The summed E-state index contributed by atoms with van der Waals surface area (Å²) < 4.78 is 0. The fourth-order valence-electron chi connectivity index (χ4n) is 1.31. The van der Waals surface area contributed by atoms with E-state index in [4.69, 9.17) is 0 Å². The summed E-state index contributed by atoms with van der Waals surface area (Å²) in [5.41, 5.74) is 0. The van der Waals surface area contributed by atoms with E-state index < -0.39 is 0 Å². The molecule has 1 unspecified atom stereocenters. The summed E-state index contributed by atoms with van der Waals surface area (Å²) in [6, 6.07) is -0.327. The van der Waals surface area contributed by atoms with Crippen LogP contribution >= 0.6 is 0 Å². The zero-order chi connectivity index (χ0) is 12.0. The molecule has 1 aliphatic carbocycles. The molecule has 0 bridgehead atoms. The molecule has 1 saturated carbocycles. The molecular formula is C11H21N3O2. The van der Waals surface area contributed by atoms with Crippen molar-refractivity contribution in [2.45, 2.75) is 32.7 Å². The van der Waals surface area contributed by atoms with Gasteiger partial charge in [-0.25, -0.2) is 0 Å². The molecule has 0 aromatic carbocycles. The number of hydrogen-bond donors (Lipinski definition) is 3. The lowest BCUT2D eigenvalue weighted by molar-refractivity contribution is -0.123. The van der Waals surface area contributed by atoms with Gasteiger partial charge in [0, 0.05) is 13.1 Å². The van der Waals surface area contributed by atoms with Crippen LogP contribution in [0.5, 0.6) is 0 Å². The summed E-state index contributed by atoms with van der Waals surface area (Å²) >= 11 is 0. The van der Waals surface area contributed by atoms with Crippen LogP contribution in [-0.2, 0) is 9.59 Å². The first-order valence-electron chi connectivity index (χ1n) is 5.91. The van der Waals surface area contributed by atoms with Crippen LogP contribution in [0.1, 0.15) is 26.7 Å². The molecule has 2 amide bonds. The van der Waals surface area contributed by atoms with Crippen LogP contribution < -0.4 is 16.0 Å². The first-order valence-corrected chi connectivity index (χ1v) is 5.91. The van der Waals surface area contributed by atoms with Gasteiger partial charge in [0.2, 0.25) is 11.8 Å². The molecule has 0 aliphatic heterocycles. The highest BCUT2D eigenvalue weighted by molar-refractivity contribution is 5.83. The first kappa shape index (κ1) is 13.0. The van der Waals surface area contributed by atoms with Crippen molar-refractivity contribution >= 4 is 11.8 Å². The maximum absolute atomic E-state index is 11.4. The summed E-state index contributed by atoms with van der Waals surface area (Å²) in [4.78, 5) is 22.7. The van der Waals surface area contributed by atoms with Crippen LogP contribution in [0, 0.1) is 5.92 Å². The molecule has 5 nitrogen and oxygen atoms in total. The molecule has 0 spiro atoms. The van der Waals surface area contributed by atoms with E-state index in [0.29, 0.717) is 12.5 Å². The lowest BCUT2D eigenvalue weighted by Gasteiger charge is -2.12. The summed E-state index contributed by atoms with van der Waals surface area (Å²) in [5.74, 6) is 0.574. The third-order valence-corrected chi connectivity index (χ3v) is 2.60. The standard InChI is InChI=1S/C11H21N3O2/c1-3-12-11(16)8(2)13-7-10(15)14-6-9-4-5-9/h8-9,13H,3-7H2,1-2H3,(H,12,16)(H,14,15). The third kappa shape index (κ3) is 5.11. The van der Waals surface area contributed by atoms with Crippen LogP contribution in [-0.4, -0.2) is 37.5 Å². The van der Waals surface area contributed by atoms with Crippen molar-refractivity contribution in [1.29, 1.82) is 0 Å². The Morgan fingerprint density at radius 1 is 1.31 bits per heavy atom. The molecule has 1 atom stereocenters. The highest BCUT2D eigenvalue weighted by Gasteiger charge is 2.21. The Morgan fingerprint density at radius 3 is 2.56 bits per heavy atom. The van der Waals surface area contributed by atoms with Gasteiger partial charge in [-0.2, -0.15) is 0 Å². The van der Waals surface area contributed by atoms with E-state index in [2.05, 4.69) is 16.0 Å². The lowest BCUT2D eigenvalue weighted by Crippen LogP contribution is -2.46. The number of carbonyl (C=O) groups is 2. The van der Waals surface area contributed by atoms with Crippen LogP contribution in [0.15, 0.2) is 0 Å². The van der Waals surface area contributed by atoms with Gasteiger partial charge in [-0.15, -0.1) is 0 Å². The number of hydrogen-bond acceptors (Lipinski definition) is 3. The maximum atomic E-state index is 11.4. The molecule has 16 heavy (non-hydrogen) atoms. The molecule has 0 aromatic rings. The van der Waals surface area contributed by atoms with Gasteiger partial charge >= 0.3 is 0 Å². The van der Waals surface area contributed by atoms with E-state index in [9.17, 15) is 9.59 Å². The van der Waals surface area contributed by atoms with E-state index >= 15 is 0 Å². The Hall–Kier alpha value is -1.10. The maximum Gasteiger partial charge on any atom is 0.236 e. The smallest absolute Gasteiger partial charge is 0.236 e. The van der Waals surface area contributed by atoms with E-state index in [0.717, 1.165) is 6.54 Å². The topological polar surface area (TPSA) is 70.2 Å². The molecule has 1 rings (SSSR count). The molecule has 0 aromatic heterocycles. The lowest BCUT2D eigenvalue weighted by atomic mass is 10.3. The normalized spacial score (nSPS) is 16.6. The molecule has 0 heterocycles. The molecule has 0 radical (unpaired) electrons. The van der Waals surface area contributed by atoms with Gasteiger partial charge in [-0.1, -0.05) is 0 Å². The Labute approximate surface area is 96.4 Å². The predicted octanol–water partition coefficient (Wildman–Crippen LogP) is -0.373. The Morgan fingerprint density at radius 2 is 2.00 bits per heavy atom. The van der Waals surface area contributed by atoms with Crippen LogP contribution in [0.25, 0.3) is 0 Å². The second-order valence-corrected chi connectivity index (χ2v) is 4.24. The average molecular weight is 227 g/mol. The molecule has 92 valence electrons. The summed E-state index contributed by atoms with van der Waals surface area (Å²) in [6.45, 7) is 5.20. The summed E-state index contributed by atoms with van der Waals surface area (Å²) in [6.07, 6.45) is 2.45. The number of carbonyl (C=O) groups excluding carboxylic acids is 2. The minimum absolute atomic E-state index is 0.0388. The monoisotopic (exact) mass is 227 g/mol. The molecular weight excluding hydrogens is 206 g/mol. The van der Waals surface area contributed by atoms with Crippen molar-refractivity contribution in [3.63, 3.8) is 0 Å². The molecule has 1 aliphatic rings. The van der Waals surface area contributed by atoms with Gasteiger partial charge in [0.15, 0.2) is 0 Å². The van der Waals surface area contributed by atoms with Gasteiger partial charge in [-0.3, -0.25) is 14.9 Å². The number of amides is 2. The van der Waals surface area contributed by atoms with Gasteiger partial charge in [0.25, 0.3) is 0 Å².